The van der Waals surface area contributed by atoms with Gasteiger partial charge in [-0.15, -0.1) is 0 Å². The maximum atomic E-state index is 12.9. The summed E-state index contributed by atoms with van der Waals surface area (Å²) in [6, 6.07) is 9.76. The Bertz CT molecular complexity index is 779. The topological polar surface area (TPSA) is 54.5 Å². The van der Waals surface area contributed by atoms with Crippen molar-refractivity contribution in [2.24, 2.45) is 0 Å². The molecule has 1 saturated heterocycles. The number of carbonyl (C=O) groups is 1. The van der Waals surface area contributed by atoms with E-state index in [2.05, 4.69) is 15.0 Å². The molecule has 7 heteroatoms. The van der Waals surface area contributed by atoms with Gasteiger partial charge in [0, 0.05) is 19.3 Å². The van der Waals surface area contributed by atoms with Crippen molar-refractivity contribution < 1.29 is 18.3 Å². The average Bonchev–Trinajstić information content (AvgIpc) is 2.68. The summed E-state index contributed by atoms with van der Waals surface area (Å²) < 4.78 is 29.3. The molecule has 1 aromatic carbocycles. The highest BCUT2D eigenvalue weighted by Crippen LogP contribution is 2.25. The van der Waals surface area contributed by atoms with Crippen LogP contribution in [0.3, 0.4) is 0 Å². The van der Waals surface area contributed by atoms with Gasteiger partial charge in [0.05, 0.1) is 11.6 Å². The third kappa shape index (κ3) is 4.93. The number of nitrogens with zero attached hydrogens (tertiary/aromatic N) is 2. The molecule has 2 heterocycles. The molecule has 1 aromatic heterocycles. The van der Waals surface area contributed by atoms with Crippen molar-refractivity contribution in [3.63, 3.8) is 0 Å². The second-order valence-corrected chi connectivity index (χ2v) is 6.57. The number of ether oxygens (including phenoxy) is 1. The summed E-state index contributed by atoms with van der Waals surface area (Å²) in [5, 5.41) is 3.23. The first-order chi connectivity index (χ1) is 13.0. The molecule has 1 unspecified atom stereocenters. The van der Waals surface area contributed by atoms with E-state index in [1.54, 1.807) is 30.5 Å². The van der Waals surface area contributed by atoms with Crippen LogP contribution in [0.15, 0.2) is 42.6 Å². The van der Waals surface area contributed by atoms with Gasteiger partial charge in [-0.1, -0.05) is 12.1 Å². The van der Waals surface area contributed by atoms with Crippen LogP contribution in [0.25, 0.3) is 0 Å². The first-order valence-corrected chi connectivity index (χ1v) is 9.10. The molecular formula is C20H23F2N3O2. The van der Waals surface area contributed by atoms with Gasteiger partial charge < -0.3 is 15.0 Å². The monoisotopic (exact) mass is 375 g/mol. The summed E-state index contributed by atoms with van der Waals surface area (Å²) in [4.78, 5) is 19.0. The van der Waals surface area contributed by atoms with Gasteiger partial charge in [0.25, 0.3) is 5.91 Å². The molecule has 144 valence electrons. The third-order valence-corrected chi connectivity index (χ3v) is 4.62. The predicted octanol–water partition coefficient (Wildman–Crippen LogP) is 4.48. The standard InChI is InChI=1S/C20H23F2N3O2/c1-14(15-7-5-8-16(13-15)27-20(21)22)24-18-17(9-6-10-23-18)19(26)25-11-3-2-4-12-25/h5-10,13-14,20H,2-4,11-12H2,1H3,(H,23,24). The number of benzene rings is 1. The molecule has 1 aliphatic rings. The number of pyridine rings is 1. The van der Waals surface area contributed by atoms with E-state index >= 15 is 0 Å². The zero-order chi connectivity index (χ0) is 19.2. The molecule has 0 radical (unpaired) electrons. The van der Waals surface area contributed by atoms with Crippen LogP contribution >= 0.6 is 0 Å². The number of rotatable bonds is 6. The van der Waals surface area contributed by atoms with Crippen molar-refractivity contribution in [3.05, 3.63) is 53.7 Å². The SMILES string of the molecule is CC(Nc1ncccc1C(=O)N1CCCCC1)c1cccc(OC(F)F)c1. The zero-order valence-electron chi connectivity index (χ0n) is 15.2. The summed E-state index contributed by atoms with van der Waals surface area (Å²) in [5.74, 6) is 0.551. The molecular weight excluding hydrogens is 352 g/mol. The van der Waals surface area contributed by atoms with Crippen LogP contribution in [0.2, 0.25) is 0 Å². The largest absolute Gasteiger partial charge is 0.435 e. The molecule has 5 nitrogen and oxygen atoms in total. The molecule has 1 atom stereocenters. The third-order valence-electron chi connectivity index (χ3n) is 4.62. The quantitative estimate of drug-likeness (QED) is 0.809. The van der Waals surface area contributed by atoms with Crippen molar-refractivity contribution >= 4 is 11.7 Å². The molecule has 0 saturated carbocycles. The Morgan fingerprint density at radius 2 is 1.96 bits per heavy atom. The van der Waals surface area contributed by atoms with E-state index in [-0.39, 0.29) is 17.7 Å². The minimum Gasteiger partial charge on any atom is -0.435 e. The fourth-order valence-corrected chi connectivity index (χ4v) is 3.21. The van der Waals surface area contributed by atoms with Crippen molar-refractivity contribution in [1.82, 2.24) is 9.88 Å². The number of hydrogen-bond acceptors (Lipinski definition) is 4. The Hall–Kier alpha value is -2.70. The highest BCUT2D eigenvalue weighted by atomic mass is 19.3. The number of nitrogens with one attached hydrogen (secondary N) is 1. The van der Waals surface area contributed by atoms with Crippen molar-refractivity contribution in [2.75, 3.05) is 18.4 Å². The Kier molecular flexibility index (Phi) is 6.21. The van der Waals surface area contributed by atoms with Crippen molar-refractivity contribution in [1.29, 1.82) is 0 Å². The van der Waals surface area contributed by atoms with Crippen molar-refractivity contribution in [3.8, 4) is 5.75 Å². The number of aromatic nitrogens is 1. The van der Waals surface area contributed by atoms with Gasteiger partial charge in [0.1, 0.15) is 11.6 Å². The molecule has 0 aliphatic carbocycles. The van der Waals surface area contributed by atoms with Crippen LogP contribution in [-0.4, -0.2) is 35.5 Å². The highest BCUT2D eigenvalue weighted by Gasteiger charge is 2.22. The minimum atomic E-state index is -2.87. The summed E-state index contributed by atoms with van der Waals surface area (Å²) in [6.45, 7) is 0.532. The van der Waals surface area contributed by atoms with E-state index in [1.165, 1.54) is 6.07 Å². The maximum absolute atomic E-state index is 12.9. The van der Waals surface area contributed by atoms with Crippen LogP contribution in [0.1, 0.15) is 48.1 Å². The average molecular weight is 375 g/mol. The predicted molar refractivity (Wildman–Crippen MR) is 99.1 cm³/mol. The van der Waals surface area contributed by atoms with Crippen molar-refractivity contribution in [2.45, 2.75) is 38.8 Å². The van der Waals surface area contributed by atoms with Gasteiger partial charge in [0.2, 0.25) is 0 Å². The molecule has 27 heavy (non-hydrogen) atoms. The van der Waals surface area contributed by atoms with Crippen LogP contribution in [0, 0.1) is 0 Å². The number of anilines is 1. The van der Waals surface area contributed by atoms with Crippen LogP contribution in [0.4, 0.5) is 14.6 Å². The van der Waals surface area contributed by atoms with E-state index in [4.69, 9.17) is 0 Å². The first kappa shape index (κ1) is 19.1. The minimum absolute atomic E-state index is 0.0349. The summed E-state index contributed by atoms with van der Waals surface area (Å²) in [5.41, 5.74) is 1.28. The molecule has 1 fully saturated rings. The highest BCUT2D eigenvalue weighted by molar-refractivity contribution is 5.98. The molecule has 0 bridgehead atoms. The lowest BCUT2D eigenvalue weighted by atomic mass is 10.1. The van der Waals surface area contributed by atoms with Gasteiger partial charge in [-0.05, 0) is 56.0 Å². The lowest BCUT2D eigenvalue weighted by molar-refractivity contribution is -0.0498. The van der Waals surface area contributed by atoms with E-state index in [1.807, 2.05) is 17.9 Å². The summed E-state index contributed by atoms with van der Waals surface area (Å²) in [7, 11) is 0. The molecule has 0 spiro atoms. The molecule has 2 aromatic rings. The number of carbonyl (C=O) groups excluding carboxylic acids is 1. The molecule has 1 aliphatic heterocycles. The number of likely N-dealkylation sites (tertiary alicyclic amines) is 1. The number of piperidine rings is 1. The van der Waals surface area contributed by atoms with Crippen LogP contribution in [0.5, 0.6) is 5.75 Å². The fourth-order valence-electron chi connectivity index (χ4n) is 3.21. The zero-order valence-corrected chi connectivity index (χ0v) is 15.2. The normalized spacial score (nSPS) is 15.5. The Morgan fingerprint density at radius 1 is 1.19 bits per heavy atom. The number of alkyl halides is 2. The number of hydrogen-bond donors (Lipinski definition) is 1. The van der Waals surface area contributed by atoms with E-state index in [0.29, 0.717) is 11.4 Å². The lowest BCUT2D eigenvalue weighted by Crippen LogP contribution is -2.36. The van der Waals surface area contributed by atoms with Crippen LogP contribution < -0.4 is 10.1 Å². The molecule has 3 rings (SSSR count). The van der Waals surface area contributed by atoms with Gasteiger partial charge >= 0.3 is 6.61 Å². The first-order valence-electron chi connectivity index (χ1n) is 9.10. The molecule has 1 N–H and O–H groups in total. The lowest BCUT2D eigenvalue weighted by Gasteiger charge is -2.27. The van der Waals surface area contributed by atoms with Crippen LogP contribution in [-0.2, 0) is 0 Å². The molecule has 1 amide bonds. The fraction of sp³-hybridized carbons (Fsp3) is 0.400. The maximum Gasteiger partial charge on any atom is 0.387 e. The van der Waals surface area contributed by atoms with E-state index in [9.17, 15) is 13.6 Å². The van der Waals surface area contributed by atoms with Gasteiger partial charge in [0.15, 0.2) is 0 Å². The van der Waals surface area contributed by atoms with Gasteiger partial charge in [-0.25, -0.2) is 4.98 Å². The van der Waals surface area contributed by atoms with E-state index in [0.717, 1.165) is 37.9 Å². The van der Waals surface area contributed by atoms with E-state index < -0.39 is 6.61 Å². The number of halogens is 2. The Balaban J connectivity index is 1.76. The Labute approximate surface area is 157 Å². The second kappa shape index (κ2) is 8.79. The summed E-state index contributed by atoms with van der Waals surface area (Å²) in [6.07, 6.45) is 4.80. The summed E-state index contributed by atoms with van der Waals surface area (Å²) >= 11 is 0. The second-order valence-electron chi connectivity index (χ2n) is 6.57. The smallest absolute Gasteiger partial charge is 0.387 e. The number of amides is 1. The van der Waals surface area contributed by atoms with Gasteiger partial charge in [-0.2, -0.15) is 8.78 Å². The van der Waals surface area contributed by atoms with Gasteiger partial charge in [-0.3, -0.25) is 4.79 Å². The Morgan fingerprint density at radius 3 is 2.70 bits per heavy atom.